The first-order valence-electron chi connectivity index (χ1n) is 8.45. The summed E-state index contributed by atoms with van der Waals surface area (Å²) in [5, 5.41) is 48.3. The van der Waals surface area contributed by atoms with Crippen LogP contribution >= 0.6 is 0 Å². The molecule has 0 spiro atoms. The summed E-state index contributed by atoms with van der Waals surface area (Å²) in [6.07, 6.45) is 0.751. The second-order valence-electron chi connectivity index (χ2n) is 5.36. The molecule has 0 heterocycles. The summed E-state index contributed by atoms with van der Waals surface area (Å²) >= 11 is 0.149. The predicted molar refractivity (Wildman–Crippen MR) is 97.0 cm³/mol. The Kier molecular flexibility index (Phi) is 23.5. The van der Waals surface area contributed by atoms with E-state index < -0.39 is 48.9 Å². The van der Waals surface area contributed by atoms with E-state index in [2.05, 4.69) is 13.8 Å². The average Bonchev–Trinajstić information content (AvgIpc) is 2.54. The number of unbranched alkanes of at least 4 members (excludes halogenated alkanes) is 2. The molecule has 11 heteroatoms. The number of carboxylic acid groups (broad SMARTS) is 4. The van der Waals surface area contributed by atoms with Crippen molar-refractivity contribution >= 4 is 45.0 Å². The van der Waals surface area contributed by atoms with Gasteiger partial charge in [0, 0.05) is 0 Å². The third-order valence-electron chi connectivity index (χ3n) is 2.72. The van der Waals surface area contributed by atoms with Crippen molar-refractivity contribution in [1.29, 1.82) is 0 Å². The number of hydrogen-bond donors (Lipinski definition) is 6. The second-order valence-corrected chi connectivity index (χ2v) is 9.64. The molecule has 0 aromatic rings. The number of carbonyl (C=O) groups is 4. The van der Waals surface area contributed by atoms with E-state index in [-0.39, 0.29) is 21.1 Å². The summed E-state index contributed by atoms with van der Waals surface area (Å²) in [6, 6.07) is 0. The van der Waals surface area contributed by atoms with Crippen LogP contribution in [0.15, 0.2) is 0 Å². The Balaban J connectivity index is -0.000000320. The average molecular weight is 501 g/mol. The van der Waals surface area contributed by atoms with Gasteiger partial charge in [0.15, 0.2) is 12.2 Å². The number of carboxylic acids is 4. The van der Waals surface area contributed by atoms with Gasteiger partial charge >= 0.3 is 93.4 Å². The van der Waals surface area contributed by atoms with Crippen molar-refractivity contribution in [2.75, 3.05) is 0 Å². The zero-order chi connectivity index (χ0) is 21.8. The molecule has 0 saturated carbocycles. The summed E-state index contributed by atoms with van der Waals surface area (Å²) < 4.78 is 3.25. The molecule has 0 aliphatic rings. The topological polar surface area (TPSA) is 190 Å². The third-order valence-corrected chi connectivity index (χ3v) is 6.76. The molecule has 0 aromatic heterocycles. The van der Waals surface area contributed by atoms with E-state index in [1.807, 2.05) is 0 Å². The van der Waals surface area contributed by atoms with Gasteiger partial charge in [-0.05, 0) is 0 Å². The van der Waals surface area contributed by atoms with E-state index in [1.165, 1.54) is 25.7 Å². The Hall–Kier alpha value is -1.40. The van der Waals surface area contributed by atoms with E-state index >= 15 is 0 Å². The van der Waals surface area contributed by atoms with Gasteiger partial charge in [0.1, 0.15) is 0 Å². The first kappa shape index (κ1) is 30.3. The smallest absolute Gasteiger partial charge is 0.333 e. The van der Waals surface area contributed by atoms with E-state index in [1.54, 1.807) is 8.87 Å². The van der Waals surface area contributed by atoms with Crippen molar-refractivity contribution in [3.05, 3.63) is 0 Å². The Labute approximate surface area is 168 Å². The summed E-state index contributed by atoms with van der Waals surface area (Å²) in [7, 11) is 0. The molecule has 0 aliphatic carbocycles. The number of hydrogen-bond acceptors (Lipinski definition) is 6. The van der Waals surface area contributed by atoms with Crippen LogP contribution in [0.4, 0.5) is 0 Å². The maximum atomic E-state index is 9.72. The van der Waals surface area contributed by atoms with Crippen molar-refractivity contribution in [3.63, 3.8) is 0 Å². The van der Waals surface area contributed by atoms with Gasteiger partial charge in [0.25, 0.3) is 0 Å². The van der Waals surface area contributed by atoms with Crippen LogP contribution in [-0.2, 0) is 19.2 Å². The minimum atomic E-state index is -1.79. The van der Waals surface area contributed by atoms with Gasteiger partial charge in [-0.25, -0.2) is 9.59 Å². The minimum Gasteiger partial charge on any atom is -0.481 e. The molecular formula is C16H30O10Sn. The molecule has 10 nitrogen and oxygen atoms in total. The molecule has 0 aromatic carbocycles. The Morgan fingerprint density at radius 2 is 1.00 bits per heavy atom. The van der Waals surface area contributed by atoms with Crippen molar-refractivity contribution in [1.82, 2.24) is 0 Å². The van der Waals surface area contributed by atoms with Crippen molar-refractivity contribution in [2.24, 2.45) is 0 Å². The van der Waals surface area contributed by atoms with Crippen LogP contribution in [0, 0.1) is 0 Å². The maximum Gasteiger partial charge on any atom is 0.333 e. The maximum absolute atomic E-state index is 9.72. The fraction of sp³-hybridized carbons (Fsp3) is 0.750. The quantitative estimate of drug-likeness (QED) is 0.166. The van der Waals surface area contributed by atoms with Crippen LogP contribution in [-0.4, -0.2) is 87.9 Å². The molecule has 2 radical (unpaired) electrons. The number of rotatable bonds is 12. The zero-order valence-electron chi connectivity index (χ0n) is 15.6. The molecule has 27 heavy (non-hydrogen) atoms. The fourth-order valence-electron chi connectivity index (χ4n) is 1.23. The molecule has 0 aliphatic heterocycles. The van der Waals surface area contributed by atoms with Gasteiger partial charge in [0.2, 0.25) is 0 Å². The van der Waals surface area contributed by atoms with Gasteiger partial charge in [-0.15, -0.1) is 0 Å². The second kappa shape index (κ2) is 20.9. The van der Waals surface area contributed by atoms with E-state index in [4.69, 9.17) is 30.6 Å². The van der Waals surface area contributed by atoms with Crippen LogP contribution < -0.4 is 0 Å². The normalized spacial score (nSPS) is 11.7. The molecule has 0 rings (SSSR count). The van der Waals surface area contributed by atoms with Crippen molar-refractivity contribution < 1.29 is 49.8 Å². The van der Waals surface area contributed by atoms with Crippen molar-refractivity contribution in [2.45, 2.75) is 73.5 Å². The number of aliphatic hydroxyl groups excluding tert-OH is 2. The van der Waals surface area contributed by atoms with E-state index in [9.17, 15) is 19.2 Å². The first-order chi connectivity index (χ1) is 12.5. The Bertz CT molecular complexity index is 389. The molecule has 2 atom stereocenters. The summed E-state index contributed by atoms with van der Waals surface area (Å²) in [5.74, 6) is -5.69. The van der Waals surface area contributed by atoms with Gasteiger partial charge < -0.3 is 30.6 Å². The predicted octanol–water partition coefficient (Wildman–Crippen LogP) is 0.941. The van der Waals surface area contributed by atoms with Crippen LogP contribution in [0.2, 0.25) is 8.87 Å². The summed E-state index contributed by atoms with van der Waals surface area (Å²) in [5.41, 5.74) is 0. The number of aliphatic hydroxyl groups is 2. The van der Waals surface area contributed by atoms with Crippen LogP contribution in [0.5, 0.6) is 0 Å². The first-order valence-corrected chi connectivity index (χ1v) is 12.5. The molecule has 158 valence electrons. The molecule has 0 fully saturated rings. The zero-order valence-corrected chi connectivity index (χ0v) is 18.5. The van der Waals surface area contributed by atoms with E-state index in [0.717, 1.165) is 0 Å². The monoisotopic (exact) mass is 502 g/mol. The largest absolute Gasteiger partial charge is 0.481 e. The van der Waals surface area contributed by atoms with Crippen LogP contribution in [0.1, 0.15) is 52.4 Å². The van der Waals surface area contributed by atoms with E-state index in [0.29, 0.717) is 0 Å². The molecule has 0 saturated heterocycles. The molecular weight excluding hydrogens is 471 g/mol. The standard InChI is InChI=1S/2C4H6O5.2C4H9.Sn/c2*5-2(4(8)9)1-3(6)7;2*1-3-4-2;/h2*2,5H,1H2,(H,6,7)(H,8,9);2*1,3-4H2,2H3;. The summed E-state index contributed by atoms with van der Waals surface area (Å²) in [6.45, 7) is 4.58. The molecule has 0 bridgehead atoms. The van der Waals surface area contributed by atoms with Crippen LogP contribution in [0.3, 0.4) is 0 Å². The molecule has 2 unspecified atom stereocenters. The Morgan fingerprint density at radius 1 is 0.704 bits per heavy atom. The van der Waals surface area contributed by atoms with Crippen molar-refractivity contribution in [3.8, 4) is 0 Å². The molecule has 0 amide bonds. The Morgan fingerprint density at radius 3 is 1.15 bits per heavy atom. The van der Waals surface area contributed by atoms with Crippen LogP contribution in [0.25, 0.3) is 0 Å². The summed E-state index contributed by atoms with van der Waals surface area (Å²) in [4.78, 5) is 38.8. The minimum absolute atomic E-state index is 0.149. The molecule has 6 N–H and O–H groups in total. The van der Waals surface area contributed by atoms with Gasteiger partial charge in [-0.1, -0.05) is 0 Å². The van der Waals surface area contributed by atoms with Gasteiger partial charge in [-0.3, -0.25) is 9.59 Å². The SMILES string of the molecule is CCC[CH2][Sn][CH2]CCC.O=C(O)CC(O)C(=O)O.O=C(O)CC(O)C(=O)O. The fourth-order valence-corrected chi connectivity index (χ4v) is 5.39. The van der Waals surface area contributed by atoms with Gasteiger partial charge in [-0.2, -0.15) is 0 Å². The third kappa shape index (κ3) is 29.6. The number of aliphatic carboxylic acids is 4. The van der Waals surface area contributed by atoms with Gasteiger partial charge in [0.05, 0.1) is 12.8 Å².